The molecule has 4 rings (SSSR count). The molecule has 158 valence electrons. The van der Waals surface area contributed by atoms with E-state index in [4.69, 9.17) is 4.74 Å². The number of aryl methyl sites for hydroxylation is 1. The van der Waals surface area contributed by atoms with Crippen molar-refractivity contribution in [2.45, 2.75) is 12.8 Å². The van der Waals surface area contributed by atoms with Crippen molar-refractivity contribution in [3.63, 3.8) is 0 Å². The molecule has 0 unspecified atom stereocenters. The predicted molar refractivity (Wildman–Crippen MR) is 123 cm³/mol. The van der Waals surface area contributed by atoms with Gasteiger partial charge in [-0.3, -0.25) is 9.59 Å². The SMILES string of the molecule is COc1ccc(/C=C/C(=O)c2c(-c3ccccc3)nn(C)c(=O)c2N2CCCC2)cc1. The number of allylic oxidation sites excluding steroid dienone is 1. The third-order valence-corrected chi connectivity index (χ3v) is 5.48. The number of carbonyl (C=O) groups excluding carboxylic acids is 1. The van der Waals surface area contributed by atoms with Crippen molar-refractivity contribution < 1.29 is 9.53 Å². The van der Waals surface area contributed by atoms with Crippen molar-refractivity contribution in [2.24, 2.45) is 7.05 Å². The van der Waals surface area contributed by atoms with Gasteiger partial charge in [0.05, 0.1) is 12.7 Å². The summed E-state index contributed by atoms with van der Waals surface area (Å²) >= 11 is 0. The highest BCUT2D eigenvalue weighted by Crippen LogP contribution is 2.30. The summed E-state index contributed by atoms with van der Waals surface area (Å²) in [6.07, 6.45) is 5.27. The molecule has 3 aromatic rings. The Morgan fingerprint density at radius 1 is 1.03 bits per heavy atom. The maximum Gasteiger partial charge on any atom is 0.290 e. The Kier molecular flexibility index (Phi) is 5.98. The monoisotopic (exact) mass is 415 g/mol. The Labute approximate surface area is 181 Å². The highest BCUT2D eigenvalue weighted by atomic mass is 16.5. The second-order valence-corrected chi connectivity index (χ2v) is 7.53. The minimum Gasteiger partial charge on any atom is -0.497 e. The Hall–Kier alpha value is -3.67. The molecule has 0 bridgehead atoms. The van der Waals surface area contributed by atoms with Crippen LogP contribution in [0.5, 0.6) is 5.75 Å². The molecule has 0 N–H and O–H groups in total. The number of ether oxygens (including phenoxy) is 1. The lowest BCUT2D eigenvalue weighted by molar-refractivity contribution is 0.104. The molecular weight excluding hydrogens is 390 g/mol. The molecule has 2 heterocycles. The van der Waals surface area contributed by atoms with Crippen molar-refractivity contribution in [2.75, 3.05) is 25.1 Å². The minimum absolute atomic E-state index is 0.234. The number of ketones is 1. The molecule has 1 aliphatic heterocycles. The molecule has 2 aromatic carbocycles. The maximum absolute atomic E-state index is 13.5. The Balaban J connectivity index is 1.83. The molecule has 1 aliphatic rings. The average Bonchev–Trinajstić information content (AvgIpc) is 3.34. The lowest BCUT2D eigenvalue weighted by Crippen LogP contribution is -2.33. The molecule has 31 heavy (non-hydrogen) atoms. The first-order valence-electron chi connectivity index (χ1n) is 10.4. The van der Waals surface area contributed by atoms with E-state index in [-0.39, 0.29) is 11.3 Å². The summed E-state index contributed by atoms with van der Waals surface area (Å²) in [5.74, 6) is 0.517. The lowest BCUT2D eigenvalue weighted by atomic mass is 10.00. The van der Waals surface area contributed by atoms with Crippen LogP contribution in [0.3, 0.4) is 0 Å². The standard InChI is InChI=1S/C25H25N3O3/c1-27-25(30)24(28-16-6-7-17-28)22(23(26-27)19-8-4-3-5-9-19)21(29)15-12-18-10-13-20(31-2)14-11-18/h3-5,8-15H,6-7,16-17H2,1-2H3/b15-12+. The van der Waals surface area contributed by atoms with Crippen LogP contribution in [0.4, 0.5) is 5.69 Å². The fourth-order valence-electron chi connectivity index (χ4n) is 3.85. The number of hydrogen-bond donors (Lipinski definition) is 0. The zero-order chi connectivity index (χ0) is 21.8. The molecule has 1 saturated heterocycles. The van der Waals surface area contributed by atoms with Crippen LogP contribution in [-0.2, 0) is 7.05 Å². The highest BCUT2D eigenvalue weighted by molar-refractivity contribution is 6.14. The van der Waals surface area contributed by atoms with Crippen molar-refractivity contribution in [1.82, 2.24) is 9.78 Å². The van der Waals surface area contributed by atoms with E-state index in [0.29, 0.717) is 16.9 Å². The van der Waals surface area contributed by atoms with Gasteiger partial charge in [-0.2, -0.15) is 5.10 Å². The van der Waals surface area contributed by atoms with Crippen LogP contribution in [0.25, 0.3) is 17.3 Å². The number of nitrogens with zero attached hydrogens (tertiary/aromatic N) is 3. The number of methoxy groups -OCH3 is 1. The summed E-state index contributed by atoms with van der Waals surface area (Å²) in [5.41, 5.74) is 2.76. The van der Waals surface area contributed by atoms with Crippen molar-refractivity contribution >= 4 is 17.5 Å². The Morgan fingerprint density at radius 3 is 2.35 bits per heavy atom. The first kappa shape index (κ1) is 20.6. The summed E-state index contributed by atoms with van der Waals surface area (Å²) in [7, 11) is 3.25. The number of anilines is 1. The molecule has 1 aromatic heterocycles. The van der Waals surface area contributed by atoms with E-state index in [1.54, 1.807) is 20.2 Å². The van der Waals surface area contributed by atoms with Gasteiger partial charge in [0.25, 0.3) is 5.56 Å². The van der Waals surface area contributed by atoms with E-state index in [1.165, 1.54) is 10.8 Å². The van der Waals surface area contributed by atoms with Crippen LogP contribution in [-0.4, -0.2) is 35.8 Å². The zero-order valence-electron chi connectivity index (χ0n) is 17.7. The van der Waals surface area contributed by atoms with Gasteiger partial charge >= 0.3 is 0 Å². The first-order chi connectivity index (χ1) is 15.1. The number of carbonyl (C=O) groups is 1. The number of benzene rings is 2. The fraction of sp³-hybridized carbons (Fsp3) is 0.240. The molecular formula is C25H25N3O3. The molecule has 0 amide bonds. The van der Waals surface area contributed by atoms with Crippen LogP contribution in [0.15, 0.2) is 65.5 Å². The maximum atomic E-state index is 13.5. The van der Waals surface area contributed by atoms with Crippen LogP contribution in [0.1, 0.15) is 28.8 Å². The van der Waals surface area contributed by atoms with Gasteiger partial charge in [0.1, 0.15) is 17.1 Å². The molecule has 6 nitrogen and oxygen atoms in total. The predicted octanol–water partition coefficient (Wildman–Crippen LogP) is 3.95. The van der Waals surface area contributed by atoms with Gasteiger partial charge in [-0.15, -0.1) is 0 Å². The van der Waals surface area contributed by atoms with Crippen LogP contribution >= 0.6 is 0 Å². The van der Waals surface area contributed by atoms with E-state index in [1.807, 2.05) is 59.5 Å². The second-order valence-electron chi connectivity index (χ2n) is 7.53. The largest absolute Gasteiger partial charge is 0.497 e. The lowest BCUT2D eigenvalue weighted by Gasteiger charge is -2.22. The van der Waals surface area contributed by atoms with Gasteiger partial charge in [0, 0.05) is 25.7 Å². The number of aromatic nitrogens is 2. The minimum atomic E-state index is -0.247. The summed E-state index contributed by atoms with van der Waals surface area (Å²) in [6.45, 7) is 1.52. The van der Waals surface area contributed by atoms with Crippen LogP contribution in [0.2, 0.25) is 0 Å². The van der Waals surface area contributed by atoms with E-state index in [0.717, 1.165) is 42.8 Å². The van der Waals surface area contributed by atoms with Gasteiger partial charge in [0.2, 0.25) is 0 Å². The number of hydrogen-bond acceptors (Lipinski definition) is 5. The summed E-state index contributed by atoms with van der Waals surface area (Å²) in [4.78, 5) is 28.5. The van der Waals surface area contributed by atoms with Gasteiger partial charge in [0.15, 0.2) is 5.78 Å². The third-order valence-electron chi connectivity index (χ3n) is 5.48. The third kappa shape index (κ3) is 4.28. The molecule has 1 fully saturated rings. The van der Waals surface area contributed by atoms with Gasteiger partial charge in [-0.05, 0) is 36.6 Å². The zero-order valence-corrected chi connectivity index (χ0v) is 17.7. The second kappa shape index (κ2) is 9.00. The molecule has 0 radical (unpaired) electrons. The Morgan fingerprint density at radius 2 is 1.71 bits per heavy atom. The topological polar surface area (TPSA) is 64.4 Å². The van der Waals surface area contributed by atoms with Crippen molar-refractivity contribution in [1.29, 1.82) is 0 Å². The average molecular weight is 415 g/mol. The van der Waals surface area contributed by atoms with Crippen molar-refractivity contribution in [3.8, 4) is 17.0 Å². The van der Waals surface area contributed by atoms with Gasteiger partial charge in [-0.1, -0.05) is 48.5 Å². The van der Waals surface area contributed by atoms with E-state index >= 15 is 0 Å². The van der Waals surface area contributed by atoms with Gasteiger partial charge in [-0.25, -0.2) is 4.68 Å². The molecule has 0 aliphatic carbocycles. The van der Waals surface area contributed by atoms with E-state index in [2.05, 4.69) is 5.10 Å². The Bertz CT molecular complexity index is 1160. The summed E-state index contributed by atoms with van der Waals surface area (Å²) in [6, 6.07) is 17.0. The highest BCUT2D eigenvalue weighted by Gasteiger charge is 2.27. The van der Waals surface area contributed by atoms with E-state index < -0.39 is 0 Å². The fourth-order valence-corrected chi connectivity index (χ4v) is 3.85. The molecule has 0 spiro atoms. The van der Waals surface area contributed by atoms with Gasteiger partial charge < -0.3 is 9.64 Å². The number of rotatable bonds is 6. The summed E-state index contributed by atoms with van der Waals surface area (Å²) < 4.78 is 6.52. The quantitative estimate of drug-likeness (QED) is 0.451. The molecule has 6 heteroatoms. The van der Waals surface area contributed by atoms with Crippen molar-refractivity contribution in [3.05, 3.63) is 82.2 Å². The van der Waals surface area contributed by atoms with Crippen LogP contribution in [0, 0.1) is 0 Å². The first-order valence-corrected chi connectivity index (χ1v) is 10.4. The summed E-state index contributed by atoms with van der Waals surface area (Å²) in [5, 5.41) is 4.48. The molecule has 0 saturated carbocycles. The molecule has 0 atom stereocenters. The van der Waals surface area contributed by atoms with E-state index in [9.17, 15) is 9.59 Å². The smallest absolute Gasteiger partial charge is 0.290 e. The van der Waals surface area contributed by atoms with Crippen LogP contribution < -0.4 is 15.2 Å². The normalized spacial score (nSPS) is 13.7.